The first-order chi connectivity index (χ1) is 12.5. The molecule has 2 aliphatic rings. The number of nitrogens with one attached hydrogen (secondary N) is 1. The number of benzene rings is 1. The Morgan fingerprint density at radius 2 is 2.04 bits per heavy atom. The lowest BCUT2D eigenvalue weighted by Gasteiger charge is -2.28. The summed E-state index contributed by atoms with van der Waals surface area (Å²) in [6.07, 6.45) is 3.62. The first-order valence-electron chi connectivity index (χ1n) is 8.75. The largest absolute Gasteiger partial charge is 0.310 e. The molecular formula is C19H18F2N4O. The number of nitrogens with zero attached hydrogens (tertiary/aromatic N) is 3. The van der Waals surface area contributed by atoms with Crippen molar-refractivity contribution in [1.82, 2.24) is 14.9 Å². The first kappa shape index (κ1) is 16.9. The number of hydrogen-bond donors (Lipinski definition) is 1. The van der Waals surface area contributed by atoms with Crippen LogP contribution in [0.5, 0.6) is 0 Å². The molecule has 1 fully saturated rings. The second-order valence-corrected chi connectivity index (χ2v) is 7.08. The maximum absolute atomic E-state index is 14.1. The fourth-order valence-electron chi connectivity index (χ4n) is 3.41. The van der Waals surface area contributed by atoms with Gasteiger partial charge < -0.3 is 4.98 Å². The summed E-state index contributed by atoms with van der Waals surface area (Å²) in [4.78, 5) is 21.6. The van der Waals surface area contributed by atoms with Crippen LogP contribution < -0.4 is 5.56 Å². The molecule has 5 nitrogen and oxygen atoms in total. The molecule has 26 heavy (non-hydrogen) atoms. The van der Waals surface area contributed by atoms with E-state index in [2.05, 4.69) is 9.97 Å². The Bertz CT molecular complexity index is 936. The zero-order chi connectivity index (χ0) is 18.3. The summed E-state index contributed by atoms with van der Waals surface area (Å²) in [6.45, 7) is 0.990. The Kier molecular flexibility index (Phi) is 4.29. The molecule has 4 rings (SSSR count). The second-order valence-electron chi connectivity index (χ2n) is 7.08. The number of nitriles is 1. The molecule has 0 atom stereocenters. The van der Waals surface area contributed by atoms with E-state index in [9.17, 15) is 13.6 Å². The van der Waals surface area contributed by atoms with Crippen molar-refractivity contribution in [3.8, 4) is 6.07 Å². The number of hydrogen-bond acceptors (Lipinski definition) is 4. The van der Waals surface area contributed by atoms with Gasteiger partial charge in [-0.1, -0.05) is 0 Å². The standard InChI is InChI=1S/C19H18F2N4O/c20-15-5-12(8-22)6-16(21)14(15)9-25-4-3-13-17(10-25)23-18(24-19(13)26)7-11-1-2-11/h5-6,11H,1-4,7,9-10H2,(H,23,24,26). The van der Waals surface area contributed by atoms with Crippen molar-refractivity contribution in [3.63, 3.8) is 0 Å². The van der Waals surface area contributed by atoms with Crippen LogP contribution in [0, 0.1) is 28.9 Å². The molecule has 2 heterocycles. The average Bonchev–Trinajstić information content (AvgIpc) is 3.41. The Balaban J connectivity index is 1.56. The Morgan fingerprint density at radius 1 is 1.31 bits per heavy atom. The first-order valence-corrected chi connectivity index (χ1v) is 8.75. The Hall–Kier alpha value is -2.59. The highest BCUT2D eigenvalue weighted by Crippen LogP contribution is 2.31. The third kappa shape index (κ3) is 3.37. The van der Waals surface area contributed by atoms with E-state index in [0.29, 0.717) is 42.5 Å². The molecule has 1 saturated carbocycles. The van der Waals surface area contributed by atoms with Crippen molar-refractivity contribution in [2.45, 2.75) is 38.8 Å². The lowest BCUT2D eigenvalue weighted by atomic mass is 10.0. The number of rotatable bonds is 4. The minimum Gasteiger partial charge on any atom is -0.310 e. The van der Waals surface area contributed by atoms with Crippen LogP contribution in [0.3, 0.4) is 0 Å². The maximum atomic E-state index is 14.1. The average molecular weight is 356 g/mol. The van der Waals surface area contributed by atoms with E-state index in [-0.39, 0.29) is 23.2 Å². The molecule has 0 bridgehead atoms. The Morgan fingerprint density at radius 3 is 2.69 bits per heavy atom. The SMILES string of the molecule is N#Cc1cc(F)c(CN2CCc3c(nc(CC4CC4)[nH]c3=O)C2)c(F)c1. The Labute approximate surface area is 149 Å². The van der Waals surface area contributed by atoms with Gasteiger partial charge in [0.25, 0.3) is 5.56 Å². The highest BCUT2D eigenvalue weighted by Gasteiger charge is 2.26. The van der Waals surface area contributed by atoms with Crippen LogP contribution in [-0.4, -0.2) is 21.4 Å². The van der Waals surface area contributed by atoms with Crippen molar-refractivity contribution in [2.24, 2.45) is 5.92 Å². The third-order valence-corrected chi connectivity index (χ3v) is 5.03. The van der Waals surface area contributed by atoms with Gasteiger partial charge in [-0.3, -0.25) is 9.69 Å². The molecule has 1 aromatic heterocycles. The molecule has 1 aromatic carbocycles. The van der Waals surface area contributed by atoms with Gasteiger partial charge in [-0.2, -0.15) is 5.26 Å². The lowest BCUT2D eigenvalue weighted by Crippen LogP contribution is -2.35. The van der Waals surface area contributed by atoms with Gasteiger partial charge in [-0.05, 0) is 37.3 Å². The van der Waals surface area contributed by atoms with Gasteiger partial charge >= 0.3 is 0 Å². The summed E-state index contributed by atoms with van der Waals surface area (Å²) in [6, 6.07) is 3.84. The van der Waals surface area contributed by atoms with E-state index in [1.165, 1.54) is 12.8 Å². The van der Waals surface area contributed by atoms with E-state index in [4.69, 9.17) is 5.26 Å². The third-order valence-electron chi connectivity index (χ3n) is 5.03. The van der Waals surface area contributed by atoms with E-state index in [1.54, 1.807) is 6.07 Å². The van der Waals surface area contributed by atoms with Gasteiger partial charge in [0.15, 0.2) is 0 Å². The molecular weight excluding hydrogens is 338 g/mol. The van der Waals surface area contributed by atoms with Crippen molar-refractivity contribution < 1.29 is 8.78 Å². The van der Waals surface area contributed by atoms with Crippen LogP contribution in [-0.2, 0) is 25.9 Å². The highest BCUT2D eigenvalue weighted by atomic mass is 19.1. The van der Waals surface area contributed by atoms with E-state index >= 15 is 0 Å². The van der Waals surface area contributed by atoms with Crippen molar-refractivity contribution >= 4 is 0 Å². The summed E-state index contributed by atoms with van der Waals surface area (Å²) in [5.74, 6) is -0.132. The molecule has 0 unspecified atom stereocenters. The quantitative estimate of drug-likeness (QED) is 0.913. The molecule has 134 valence electrons. The molecule has 0 amide bonds. The predicted molar refractivity (Wildman–Crippen MR) is 90.2 cm³/mol. The normalized spacial score (nSPS) is 17.0. The molecule has 0 saturated heterocycles. The lowest BCUT2D eigenvalue weighted by molar-refractivity contribution is 0.233. The van der Waals surface area contributed by atoms with Gasteiger partial charge in [0.1, 0.15) is 17.5 Å². The van der Waals surface area contributed by atoms with Gasteiger partial charge in [0.05, 0.1) is 17.3 Å². The van der Waals surface area contributed by atoms with Crippen molar-refractivity contribution in [1.29, 1.82) is 5.26 Å². The summed E-state index contributed by atoms with van der Waals surface area (Å²) >= 11 is 0. The van der Waals surface area contributed by atoms with Gasteiger partial charge in [0.2, 0.25) is 0 Å². The number of H-pyrrole nitrogens is 1. The van der Waals surface area contributed by atoms with Gasteiger partial charge in [-0.15, -0.1) is 0 Å². The van der Waals surface area contributed by atoms with E-state index in [1.807, 2.05) is 4.90 Å². The summed E-state index contributed by atoms with van der Waals surface area (Å²) < 4.78 is 28.3. The van der Waals surface area contributed by atoms with Crippen LogP contribution in [0.15, 0.2) is 16.9 Å². The minimum absolute atomic E-state index is 0.0364. The summed E-state index contributed by atoms with van der Waals surface area (Å²) in [7, 11) is 0. The fourth-order valence-corrected chi connectivity index (χ4v) is 3.41. The maximum Gasteiger partial charge on any atom is 0.254 e. The zero-order valence-corrected chi connectivity index (χ0v) is 14.2. The topological polar surface area (TPSA) is 72.8 Å². The van der Waals surface area contributed by atoms with E-state index < -0.39 is 11.6 Å². The molecule has 1 aliphatic carbocycles. The number of fused-ring (bicyclic) bond motifs is 1. The minimum atomic E-state index is -0.722. The van der Waals surface area contributed by atoms with Crippen molar-refractivity contribution in [2.75, 3.05) is 6.54 Å². The summed E-state index contributed by atoms with van der Waals surface area (Å²) in [5, 5.41) is 8.79. The number of halogens is 2. The van der Waals surface area contributed by atoms with Gasteiger partial charge in [0, 0.05) is 37.2 Å². The van der Waals surface area contributed by atoms with Gasteiger partial charge in [-0.25, -0.2) is 13.8 Å². The monoisotopic (exact) mass is 356 g/mol. The molecule has 0 radical (unpaired) electrons. The smallest absolute Gasteiger partial charge is 0.254 e. The molecule has 2 aromatic rings. The summed E-state index contributed by atoms with van der Waals surface area (Å²) in [5.41, 5.74) is 1.17. The van der Waals surface area contributed by atoms with Crippen LogP contribution in [0.25, 0.3) is 0 Å². The number of aromatic nitrogens is 2. The highest BCUT2D eigenvalue weighted by molar-refractivity contribution is 5.34. The number of aromatic amines is 1. The molecule has 1 aliphatic heterocycles. The van der Waals surface area contributed by atoms with Crippen molar-refractivity contribution in [3.05, 3.63) is 62.3 Å². The van der Waals surface area contributed by atoms with E-state index in [0.717, 1.165) is 18.6 Å². The van der Waals surface area contributed by atoms with Crippen LogP contribution in [0.2, 0.25) is 0 Å². The van der Waals surface area contributed by atoms with Crippen LogP contribution in [0.1, 0.15) is 41.1 Å². The molecule has 0 spiro atoms. The fraction of sp³-hybridized carbons (Fsp3) is 0.421. The molecule has 7 heteroatoms. The second kappa shape index (κ2) is 6.61. The predicted octanol–water partition coefficient (Wildman–Crippen LogP) is 2.43. The van der Waals surface area contributed by atoms with Crippen LogP contribution in [0.4, 0.5) is 8.78 Å². The zero-order valence-electron chi connectivity index (χ0n) is 14.2. The van der Waals surface area contributed by atoms with Crippen LogP contribution >= 0.6 is 0 Å². The molecule has 1 N–H and O–H groups in total.